The van der Waals surface area contributed by atoms with E-state index < -0.39 is 0 Å². The summed E-state index contributed by atoms with van der Waals surface area (Å²) in [5.74, 6) is -0.456. The Morgan fingerprint density at radius 3 is 2.94 bits per heavy atom. The number of hydrogen-bond donors (Lipinski definition) is 3. The van der Waals surface area contributed by atoms with Crippen molar-refractivity contribution in [2.45, 2.75) is 13.3 Å². The van der Waals surface area contributed by atoms with Crippen molar-refractivity contribution in [3.05, 3.63) is 28.2 Å². The van der Waals surface area contributed by atoms with E-state index in [2.05, 4.69) is 26.4 Å². The maximum atomic E-state index is 11.4. The van der Waals surface area contributed by atoms with Crippen LogP contribution in [0.5, 0.6) is 0 Å². The van der Waals surface area contributed by atoms with E-state index in [0.29, 0.717) is 5.69 Å². The van der Waals surface area contributed by atoms with Gasteiger partial charge in [0.2, 0.25) is 5.91 Å². The number of amidine groups is 1. The van der Waals surface area contributed by atoms with Gasteiger partial charge in [-0.05, 0) is 40.5 Å². The Hall–Kier alpha value is -1.56. The maximum absolute atomic E-state index is 11.4. The molecule has 0 aromatic heterocycles. The van der Waals surface area contributed by atoms with Gasteiger partial charge in [0.25, 0.3) is 0 Å². The minimum atomic E-state index is -0.332. The van der Waals surface area contributed by atoms with Gasteiger partial charge in [0, 0.05) is 4.47 Å². The van der Waals surface area contributed by atoms with Crippen molar-refractivity contribution in [2.24, 2.45) is 10.9 Å². The van der Waals surface area contributed by atoms with Crippen LogP contribution in [0.1, 0.15) is 12.0 Å². The van der Waals surface area contributed by atoms with Crippen molar-refractivity contribution in [3.63, 3.8) is 0 Å². The van der Waals surface area contributed by atoms with Gasteiger partial charge in [-0.15, -0.1) is 0 Å². The fourth-order valence-corrected chi connectivity index (χ4v) is 1.47. The van der Waals surface area contributed by atoms with Crippen LogP contribution in [0, 0.1) is 6.92 Å². The molecule has 1 aromatic rings. The zero-order valence-electron chi connectivity index (χ0n) is 8.70. The Bertz CT molecular complexity index is 432. The third-order valence-corrected chi connectivity index (χ3v) is 2.56. The lowest BCUT2D eigenvalue weighted by Gasteiger charge is -2.07. The molecule has 0 aliphatic heterocycles. The van der Waals surface area contributed by atoms with Crippen LogP contribution in [0.25, 0.3) is 0 Å². The Labute approximate surface area is 101 Å². The van der Waals surface area contributed by atoms with Gasteiger partial charge in [-0.2, -0.15) is 0 Å². The fourth-order valence-electron chi connectivity index (χ4n) is 1.13. The number of halogens is 1. The van der Waals surface area contributed by atoms with Crippen molar-refractivity contribution >= 4 is 33.4 Å². The first-order valence-corrected chi connectivity index (χ1v) is 5.34. The molecule has 0 aliphatic rings. The first-order chi connectivity index (χ1) is 7.52. The van der Waals surface area contributed by atoms with Crippen LogP contribution >= 0.6 is 15.9 Å². The van der Waals surface area contributed by atoms with Crippen molar-refractivity contribution in [1.29, 1.82) is 0 Å². The number of benzene rings is 1. The van der Waals surface area contributed by atoms with Crippen LogP contribution < -0.4 is 11.1 Å². The van der Waals surface area contributed by atoms with Crippen molar-refractivity contribution in [3.8, 4) is 0 Å². The van der Waals surface area contributed by atoms with Crippen molar-refractivity contribution < 1.29 is 10.0 Å². The zero-order valence-corrected chi connectivity index (χ0v) is 10.3. The first kappa shape index (κ1) is 12.5. The molecule has 0 heterocycles. The number of aryl methyl sites for hydroxylation is 1. The maximum Gasteiger partial charge on any atom is 0.232 e. The third kappa shape index (κ3) is 3.54. The summed E-state index contributed by atoms with van der Waals surface area (Å²) in [5.41, 5.74) is 6.92. The largest absolute Gasteiger partial charge is 0.409 e. The Morgan fingerprint density at radius 2 is 2.31 bits per heavy atom. The number of carbonyl (C=O) groups excluding carboxylic acids is 1. The summed E-state index contributed by atoms with van der Waals surface area (Å²) in [5, 5.41) is 13.7. The molecular weight excluding hydrogens is 274 g/mol. The number of nitrogens with zero attached hydrogens (tertiary/aromatic N) is 1. The number of nitrogens with one attached hydrogen (secondary N) is 1. The van der Waals surface area contributed by atoms with E-state index in [1.165, 1.54) is 0 Å². The molecule has 0 unspecified atom stereocenters. The molecule has 0 spiro atoms. The van der Waals surface area contributed by atoms with E-state index in [4.69, 9.17) is 10.9 Å². The van der Waals surface area contributed by atoms with E-state index >= 15 is 0 Å². The number of rotatable bonds is 3. The van der Waals surface area contributed by atoms with Crippen LogP contribution in [-0.4, -0.2) is 17.0 Å². The van der Waals surface area contributed by atoms with Gasteiger partial charge in [0.05, 0.1) is 12.1 Å². The molecule has 0 radical (unpaired) electrons. The Balaban J connectivity index is 2.73. The quantitative estimate of drug-likeness (QED) is 0.343. The normalized spacial score (nSPS) is 11.2. The summed E-state index contributed by atoms with van der Waals surface area (Å²) >= 11 is 3.32. The molecule has 0 bridgehead atoms. The number of amides is 1. The number of nitrogens with two attached hydrogens (primary N) is 1. The van der Waals surface area contributed by atoms with Gasteiger partial charge in [-0.25, -0.2) is 0 Å². The third-order valence-electron chi connectivity index (χ3n) is 1.87. The van der Waals surface area contributed by atoms with E-state index in [-0.39, 0.29) is 18.2 Å². The Morgan fingerprint density at radius 1 is 1.62 bits per heavy atom. The minimum absolute atomic E-state index is 0.124. The fraction of sp³-hybridized carbons (Fsp3) is 0.200. The first-order valence-electron chi connectivity index (χ1n) is 4.55. The van der Waals surface area contributed by atoms with Gasteiger partial charge >= 0.3 is 0 Å². The highest BCUT2D eigenvalue weighted by Gasteiger charge is 2.07. The molecule has 0 saturated heterocycles. The summed E-state index contributed by atoms with van der Waals surface area (Å²) in [7, 11) is 0. The van der Waals surface area contributed by atoms with E-state index in [1.54, 1.807) is 0 Å². The lowest BCUT2D eigenvalue weighted by Crippen LogP contribution is -2.22. The predicted molar refractivity (Wildman–Crippen MR) is 65.5 cm³/mol. The molecule has 0 aliphatic carbocycles. The second kappa shape index (κ2) is 5.50. The molecule has 5 nitrogen and oxygen atoms in total. The van der Waals surface area contributed by atoms with Gasteiger partial charge in [0.1, 0.15) is 5.84 Å². The number of oxime groups is 1. The molecule has 0 atom stereocenters. The molecular formula is C10H12BrN3O2. The second-order valence-electron chi connectivity index (χ2n) is 3.30. The highest BCUT2D eigenvalue weighted by molar-refractivity contribution is 9.10. The van der Waals surface area contributed by atoms with Crippen LogP contribution in [-0.2, 0) is 4.79 Å². The topological polar surface area (TPSA) is 87.7 Å². The molecule has 0 saturated carbocycles. The smallest absolute Gasteiger partial charge is 0.232 e. The highest BCUT2D eigenvalue weighted by Crippen LogP contribution is 2.23. The summed E-state index contributed by atoms with van der Waals surface area (Å²) in [4.78, 5) is 11.4. The lowest BCUT2D eigenvalue weighted by molar-refractivity contribution is -0.115. The van der Waals surface area contributed by atoms with Gasteiger partial charge in [-0.1, -0.05) is 11.2 Å². The summed E-state index contributed by atoms with van der Waals surface area (Å²) in [6.07, 6.45) is -0.142. The van der Waals surface area contributed by atoms with Crippen LogP contribution in [0.4, 0.5) is 5.69 Å². The lowest BCUT2D eigenvalue weighted by atomic mass is 10.2. The van der Waals surface area contributed by atoms with Crippen LogP contribution in [0.3, 0.4) is 0 Å². The van der Waals surface area contributed by atoms with Crippen LogP contribution in [0.15, 0.2) is 27.8 Å². The van der Waals surface area contributed by atoms with E-state index in [9.17, 15) is 4.79 Å². The van der Waals surface area contributed by atoms with E-state index in [1.807, 2.05) is 25.1 Å². The highest BCUT2D eigenvalue weighted by atomic mass is 79.9. The second-order valence-corrected chi connectivity index (χ2v) is 4.15. The number of hydrogen-bond acceptors (Lipinski definition) is 3. The predicted octanol–water partition coefficient (Wildman–Crippen LogP) is 1.83. The molecule has 0 fully saturated rings. The van der Waals surface area contributed by atoms with Gasteiger partial charge in [-0.3, -0.25) is 4.79 Å². The van der Waals surface area contributed by atoms with Crippen molar-refractivity contribution in [2.75, 3.05) is 5.32 Å². The SMILES string of the molecule is Cc1ccc(Br)c(NC(=O)C/C(N)=N/O)c1. The average molecular weight is 286 g/mol. The number of anilines is 1. The van der Waals surface area contributed by atoms with Crippen LogP contribution in [0.2, 0.25) is 0 Å². The molecule has 6 heteroatoms. The summed E-state index contributed by atoms with van der Waals surface area (Å²) in [6, 6.07) is 5.59. The molecule has 16 heavy (non-hydrogen) atoms. The summed E-state index contributed by atoms with van der Waals surface area (Å²) < 4.78 is 0.783. The van der Waals surface area contributed by atoms with Gasteiger partial charge < -0.3 is 16.3 Å². The number of carbonyl (C=O) groups is 1. The van der Waals surface area contributed by atoms with E-state index in [0.717, 1.165) is 10.0 Å². The summed E-state index contributed by atoms with van der Waals surface area (Å²) in [6.45, 7) is 1.92. The zero-order chi connectivity index (χ0) is 12.1. The molecule has 86 valence electrons. The molecule has 1 rings (SSSR count). The standard InChI is InChI=1S/C10H12BrN3O2/c1-6-2-3-7(11)8(4-6)13-10(15)5-9(12)14-16/h2-4,16H,5H2,1H3,(H2,12,14)(H,13,15). The van der Waals surface area contributed by atoms with Gasteiger partial charge in [0.15, 0.2) is 0 Å². The van der Waals surface area contributed by atoms with Crippen molar-refractivity contribution in [1.82, 2.24) is 0 Å². The Kier molecular flexibility index (Phi) is 4.30. The molecule has 1 amide bonds. The molecule has 1 aromatic carbocycles. The average Bonchev–Trinajstić information content (AvgIpc) is 2.23. The minimum Gasteiger partial charge on any atom is -0.409 e. The monoisotopic (exact) mass is 285 g/mol. The molecule has 4 N–H and O–H groups in total.